The van der Waals surface area contributed by atoms with Crippen molar-refractivity contribution in [1.82, 2.24) is 9.97 Å². The molecule has 3 unspecified atom stereocenters. The Morgan fingerprint density at radius 3 is 1.78 bits per heavy atom. The standard InChI is InChI=1S/C24H22Cl2N2.C19H21ClN2/c1-2-19(20-8-4-3-5-9-20)15-24(17-27,14-18-7-6-12-28-16-18)22-11-10-21(25)13-23(22)26;1-15(2)9-10-19(14-21,12-16-4-3-11-22-13-16)17-5-7-18(20)8-6-17/h3-13,16,19H,2,14-15H2,1H3;3-8,11,13,15H,9-10,12H2,1-2H3. The Bertz CT molecular complexity index is 1850. The van der Waals surface area contributed by atoms with Gasteiger partial charge in [-0.15, -0.1) is 0 Å². The van der Waals surface area contributed by atoms with Crippen LogP contribution in [0.15, 0.2) is 122 Å². The maximum atomic E-state index is 10.4. The van der Waals surface area contributed by atoms with Crippen molar-refractivity contribution in [1.29, 1.82) is 10.5 Å². The third-order valence-corrected chi connectivity index (χ3v) is 10.0. The van der Waals surface area contributed by atoms with Crippen LogP contribution in [0.3, 0.4) is 0 Å². The minimum Gasteiger partial charge on any atom is -0.264 e. The Kier molecular flexibility index (Phi) is 14.4. The van der Waals surface area contributed by atoms with Crippen LogP contribution < -0.4 is 0 Å². The van der Waals surface area contributed by atoms with Crippen LogP contribution in [0.2, 0.25) is 15.1 Å². The molecule has 3 atom stereocenters. The first-order valence-electron chi connectivity index (χ1n) is 17.0. The lowest BCUT2D eigenvalue weighted by molar-refractivity contribution is 0.429. The van der Waals surface area contributed by atoms with E-state index >= 15 is 0 Å². The van der Waals surface area contributed by atoms with Crippen LogP contribution >= 0.6 is 34.8 Å². The highest BCUT2D eigenvalue weighted by Gasteiger charge is 2.37. The minimum atomic E-state index is -0.777. The van der Waals surface area contributed by atoms with E-state index in [0.717, 1.165) is 41.5 Å². The molecule has 0 spiro atoms. The molecule has 50 heavy (non-hydrogen) atoms. The zero-order valence-electron chi connectivity index (χ0n) is 28.9. The number of hydrogen-bond acceptors (Lipinski definition) is 4. The van der Waals surface area contributed by atoms with E-state index in [2.05, 4.69) is 55.0 Å². The van der Waals surface area contributed by atoms with E-state index in [1.54, 1.807) is 18.5 Å². The zero-order chi connectivity index (χ0) is 36.0. The summed E-state index contributed by atoms with van der Waals surface area (Å²) < 4.78 is 0. The first-order valence-corrected chi connectivity index (χ1v) is 18.1. The number of nitrogens with zero attached hydrogens (tertiary/aromatic N) is 4. The Morgan fingerprint density at radius 1 is 0.700 bits per heavy atom. The van der Waals surface area contributed by atoms with Gasteiger partial charge in [-0.25, -0.2) is 0 Å². The zero-order valence-corrected chi connectivity index (χ0v) is 31.1. The van der Waals surface area contributed by atoms with Gasteiger partial charge in [-0.1, -0.05) is 116 Å². The summed E-state index contributed by atoms with van der Waals surface area (Å²) >= 11 is 18.7. The number of halogens is 3. The van der Waals surface area contributed by atoms with Gasteiger partial charge in [0.15, 0.2) is 0 Å². The second kappa shape index (κ2) is 18.7. The lowest BCUT2D eigenvalue weighted by Gasteiger charge is -2.32. The first-order chi connectivity index (χ1) is 24.1. The van der Waals surface area contributed by atoms with Crippen LogP contribution in [-0.2, 0) is 23.7 Å². The van der Waals surface area contributed by atoms with Gasteiger partial charge in [-0.2, -0.15) is 10.5 Å². The van der Waals surface area contributed by atoms with Gasteiger partial charge in [0, 0.05) is 39.9 Å². The van der Waals surface area contributed by atoms with Crippen LogP contribution in [-0.4, -0.2) is 9.97 Å². The fraction of sp³-hybridized carbons (Fsp3) is 0.302. The van der Waals surface area contributed by atoms with Crippen LogP contribution in [0.1, 0.15) is 80.2 Å². The Balaban J connectivity index is 0.000000232. The molecule has 0 aliphatic carbocycles. The van der Waals surface area contributed by atoms with Crippen molar-refractivity contribution in [3.63, 3.8) is 0 Å². The van der Waals surface area contributed by atoms with Crippen molar-refractivity contribution < 1.29 is 0 Å². The predicted octanol–water partition coefficient (Wildman–Crippen LogP) is 12.2. The number of rotatable bonds is 13. The van der Waals surface area contributed by atoms with Crippen molar-refractivity contribution in [2.75, 3.05) is 0 Å². The monoisotopic (exact) mass is 720 g/mol. The minimum absolute atomic E-state index is 0.240. The Hall–Kier alpha value is -4.19. The van der Waals surface area contributed by atoms with Crippen LogP contribution in [0.4, 0.5) is 0 Å². The maximum Gasteiger partial charge on any atom is 0.0883 e. The van der Waals surface area contributed by atoms with Crippen molar-refractivity contribution >= 4 is 34.8 Å². The molecule has 7 heteroatoms. The summed E-state index contributed by atoms with van der Waals surface area (Å²) in [5.74, 6) is 0.804. The molecule has 0 bridgehead atoms. The molecule has 0 fully saturated rings. The summed E-state index contributed by atoms with van der Waals surface area (Å²) in [5, 5.41) is 22.2. The van der Waals surface area contributed by atoms with Gasteiger partial charge in [0.2, 0.25) is 0 Å². The van der Waals surface area contributed by atoms with Gasteiger partial charge < -0.3 is 0 Å². The molecule has 4 nitrogen and oxygen atoms in total. The number of aromatic nitrogens is 2. The largest absolute Gasteiger partial charge is 0.264 e. The third kappa shape index (κ3) is 10.4. The summed E-state index contributed by atoms with van der Waals surface area (Å²) in [6, 6.07) is 36.5. The van der Waals surface area contributed by atoms with E-state index in [4.69, 9.17) is 34.8 Å². The van der Waals surface area contributed by atoms with Gasteiger partial charge in [-0.05, 0) is 115 Å². The van der Waals surface area contributed by atoms with E-state index in [-0.39, 0.29) is 5.92 Å². The molecule has 0 aliphatic heterocycles. The van der Waals surface area contributed by atoms with Gasteiger partial charge >= 0.3 is 0 Å². The number of benzene rings is 3. The summed E-state index contributed by atoms with van der Waals surface area (Å²) in [6.07, 6.45) is 11.8. The molecule has 256 valence electrons. The maximum absolute atomic E-state index is 10.4. The van der Waals surface area contributed by atoms with Gasteiger partial charge in [0.25, 0.3) is 0 Å². The van der Waals surface area contributed by atoms with E-state index in [0.29, 0.717) is 40.2 Å². The SMILES string of the molecule is CC(C)CCC(C#N)(Cc1cccnc1)c1ccc(Cl)cc1.CCC(CC(C#N)(Cc1cccnc1)c1ccc(Cl)cc1Cl)c1ccccc1. The number of pyridine rings is 2. The molecule has 0 N–H and O–H groups in total. The second-order valence-corrected chi connectivity index (χ2v) is 14.5. The van der Waals surface area contributed by atoms with Crippen molar-refractivity contribution in [2.45, 2.75) is 76.0 Å². The molecule has 3 aromatic carbocycles. The van der Waals surface area contributed by atoms with Crippen LogP contribution in [0, 0.1) is 28.6 Å². The summed E-state index contributed by atoms with van der Waals surface area (Å²) in [6.45, 7) is 6.54. The van der Waals surface area contributed by atoms with E-state index < -0.39 is 10.8 Å². The smallest absolute Gasteiger partial charge is 0.0883 e. The van der Waals surface area contributed by atoms with E-state index in [1.165, 1.54) is 5.56 Å². The third-order valence-electron chi connectivity index (χ3n) is 9.24. The Morgan fingerprint density at radius 2 is 1.28 bits per heavy atom. The first kappa shape index (κ1) is 38.6. The fourth-order valence-corrected chi connectivity index (χ4v) is 7.16. The van der Waals surface area contributed by atoms with Crippen molar-refractivity contribution in [3.05, 3.63) is 165 Å². The van der Waals surface area contributed by atoms with Crippen molar-refractivity contribution in [3.8, 4) is 12.1 Å². The second-order valence-electron chi connectivity index (χ2n) is 13.2. The van der Waals surface area contributed by atoms with Crippen LogP contribution in [0.25, 0.3) is 0 Å². The molecule has 0 saturated heterocycles. The molecule has 2 heterocycles. The summed E-state index contributed by atoms with van der Waals surface area (Å²) in [5.41, 5.74) is 3.88. The molecule has 5 aromatic rings. The average Bonchev–Trinajstić information content (AvgIpc) is 3.14. The lowest BCUT2D eigenvalue weighted by atomic mass is 9.69. The highest BCUT2D eigenvalue weighted by Crippen LogP contribution is 2.42. The molecule has 0 amide bonds. The predicted molar refractivity (Wildman–Crippen MR) is 207 cm³/mol. The molecular weight excluding hydrogens is 679 g/mol. The molecule has 2 aromatic heterocycles. The van der Waals surface area contributed by atoms with Gasteiger partial charge in [0.1, 0.15) is 0 Å². The summed E-state index contributed by atoms with van der Waals surface area (Å²) in [7, 11) is 0. The normalized spacial score (nSPS) is 13.9. The molecule has 0 aliphatic rings. The summed E-state index contributed by atoms with van der Waals surface area (Å²) in [4.78, 5) is 8.40. The van der Waals surface area contributed by atoms with Gasteiger partial charge in [-0.3, -0.25) is 9.97 Å². The topological polar surface area (TPSA) is 73.4 Å². The number of hydrogen-bond donors (Lipinski definition) is 0. The fourth-order valence-electron chi connectivity index (χ4n) is 6.45. The van der Waals surface area contributed by atoms with Crippen molar-refractivity contribution in [2.24, 2.45) is 5.92 Å². The van der Waals surface area contributed by atoms with E-state index in [1.807, 2.05) is 91.3 Å². The molecule has 0 saturated carbocycles. The Labute approximate surface area is 312 Å². The average molecular weight is 722 g/mol. The van der Waals surface area contributed by atoms with Crippen LogP contribution in [0.5, 0.6) is 0 Å². The van der Waals surface area contributed by atoms with E-state index in [9.17, 15) is 10.5 Å². The number of nitriles is 2. The molecule has 0 radical (unpaired) electrons. The highest BCUT2D eigenvalue weighted by atomic mass is 35.5. The molecule has 5 rings (SSSR count). The molecular formula is C43H43Cl3N4. The highest BCUT2D eigenvalue weighted by molar-refractivity contribution is 6.35. The lowest BCUT2D eigenvalue weighted by Crippen LogP contribution is -2.30. The van der Waals surface area contributed by atoms with Gasteiger partial charge in [0.05, 0.1) is 23.0 Å². The quantitative estimate of drug-likeness (QED) is 0.121.